The normalized spacial score (nSPS) is 21.6. The van der Waals surface area contributed by atoms with Gasteiger partial charge in [-0.15, -0.1) is 0 Å². The first-order valence-electron chi connectivity index (χ1n) is 7.49. The number of esters is 1. The van der Waals surface area contributed by atoms with Gasteiger partial charge in [-0.05, 0) is 53.5 Å². The van der Waals surface area contributed by atoms with E-state index < -0.39 is 5.60 Å². The molecule has 1 aliphatic heterocycles. The summed E-state index contributed by atoms with van der Waals surface area (Å²) in [6.07, 6.45) is 2.60. The van der Waals surface area contributed by atoms with Gasteiger partial charge in [-0.1, -0.05) is 6.92 Å². The van der Waals surface area contributed by atoms with Crippen LogP contribution in [-0.4, -0.2) is 47.6 Å². The molecule has 1 unspecified atom stereocenters. The molecule has 2 atom stereocenters. The number of hydrogen-bond donors (Lipinski definition) is 1. The molecule has 0 aliphatic carbocycles. The minimum atomic E-state index is -0.482. The van der Waals surface area contributed by atoms with Crippen LogP contribution < -0.4 is 5.32 Å². The van der Waals surface area contributed by atoms with Crippen molar-refractivity contribution < 1.29 is 14.3 Å². The van der Waals surface area contributed by atoms with Crippen LogP contribution in [0.1, 0.15) is 53.9 Å². The lowest BCUT2D eigenvalue weighted by Gasteiger charge is -2.27. The largest absolute Gasteiger partial charge is 0.459 e. The Bertz CT molecular complexity index is 350. The van der Waals surface area contributed by atoms with Gasteiger partial charge >= 0.3 is 5.97 Å². The van der Waals surface area contributed by atoms with Gasteiger partial charge in [0.25, 0.3) is 0 Å². The summed E-state index contributed by atoms with van der Waals surface area (Å²) >= 11 is 0. The van der Waals surface area contributed by atoms with Gasteiger partial charge in [-0.2, -0.15) is 0 Å². The zero-order valence-corrected chi connectivity index (χ0v) is 13.4. The third kappa shape index (κ3) is 5.49. The van der Waals surface area contributed by atoms with Crippen LogP contribution >= 0.6 is 0 Å². The average molecular weight is 284 g/mol. The van der Waals surface area contributed by atoms with E-state index in [1.165, 1.54) is 0 Å². The van der Waals surface area contributed by atoms with Crippen molar-refractivity contribution in [3.63, 3.8) is 0 Å². The van der Waals surface area contributed by atoms with Crippen molar-refractivity contribution in [3.8, 4) is 0 Å². The Balaban J connectivity index is 2.53. The molecule has 20 heavy (non-hydrogen) atoms. The van der Waals surface area contributed by atoms with Crippen LogP contribution in [-0.2, 0) is 14.3 Å². The zero-order chi connectivity index (χ0) is 15.3. The van der Waals surface area contributed by atoms with Crippen molar-refractivity contribution in [1.82, 2.24) is 10.2 Å². The summed E-state index contributed by atoms with van der Waals surface area (Å²) in [5.41, 5.74) is -0.482. The lowest BCUT2D eigenvalue weighted by molar-refractivity contribution is -0.160. The van der Waals surface area contributed by atoms with Crippen molar-refractivity contribution in [1.29, 1.82) is 0 Å². The SMILES string of the molecule is CCC(C)NC(=O)CN1CCC[C@H]1C(=O)OC(C)(C)C. The smallest absolute Gasteiger partial charge is 0.323 e. The van der Waals surface area contributed by atoms with E-state index in [9.17, 15) is 9.59 Å². The number of nitrogens with zero attached hydrogens (tertiary/aromatic N) is 1. The van der Waals surface area contributed by atoms with E-state index >= 15 is 0 Å². The highest BCUT2D eigenvalue weighted by Crippen LogP contribution is 2.20. The van der Waals surface area contributed by atoms with Crippen molar-refractivity contribution in [2.45, 2.75) is 71.6 Å². The summed E-state index contributed by atoms with van der Waals surface area (Å²) in [6, 6.07) is -0.109. The van der Waals surface area contributed by atoms with Crippen LogP contribution in [0, 0.1) is 0 Å². The Kier molecular flexibility index (Phi) is 5.99. The van der Waals surface area contributed by atoms with E-state index in [2.05, 4.69) is 5.32 Å². The standard InChI is InChI=1S/C15H28N2O3/c1-6-11(2)16-13(18)10-17-9-7-8-12(17)14(19)20-15(3,4)5/h11-12H,6-10H2,1-5H3,(H,16,18)/t11?,12-/m0/s1. The van der Waals surface area contributed by atoms with E-state index in [0.29, 0.717) is 0 Å². The maximum atomic E-state index is 12.1. The molecule has 0 aromatic rings. The number of carbonyl (C=O) groups is 2. The van der Waals surface area contributed by atoms with Crippen LogP contribution in [0.2, 0.25) is 0 Å². The third-order valence-corrected chi connectivity index (χ3v) is 3.41. The summed E-state index contributed by atoms with van der Waals surface area (Å²) in [6.45, 7) is 10.6. The first kappa shape index (κ1) is 17.0. The second-order valence-electron chi connectivity index (χ2n) is 6.54. The number of rotatable bonds is 5. The van der Waals surface area contributed by atoms with Crippen molar-refractivity contribution in [2.75, 3.05) is 13.1 Å². The number of amides is 1. The topological polar surface area (TPSA) is 58.6 Å². The van der Waals surface area contributed by atoms with Crippen molar-refractivity contribution >= 4 is 11.9 Å². The molecule has 1 N–H and O–H groups in total. The van der Waals surface area contributed by atoms with Crippen LogP contribution in [0.5, 0.6) is 0 Å². The zero-order valence-electron chi connectivity index (χ0n) is 13.4. The first-order chi connectivity index (χ1) is 9.23. The van der Waals surface area contributed by atoms with Gasteiger partial charge in [0.05, 0.1) is 6.54 Å². The van der Waals surface area contributed by atoms with Crippen LogP contribution in [0.15, 0.2) is 0 Å². The predicted molar refractivity (Wildman–Crippen MR) is 78.3 cm³/mol. The van der Waals surface area contributed by atoms with E-state index in [0.717, 1.165) is 25.8 Å². The fraction of sp³-hybridized carbons (Fsp3) is 0.867. The quantitative estimate of drug-likeness (QED) is 0.781. The second-order valence-corrected chi connectivity index (χ2v) is 6.54. The minimum absolute atomic E-state index is 0.0187. The molecule has 5 nitrogen and oxygen atoms in total. The molecule has 0 saturated carbocycles. The Hall–Kier alpha value is -1.10. The fourth-order valence-corrected chi connectivity index (χ4v) is 2.26. The summed E-state index contributed by atoms with van der Waals surface area (Å²) in [5, 5.41) is 2.93. The Morgan fingerprint density at radius 1 is 1.40 bits per heavy atom. The van der Waals surface area contributed by atoms with Gasteiger partial charge in [0.15, 0.2) is 0 Å². The molecule has 1 heterocycles. The summed E-state index contributed by atoms with van der Waals surface area (Å²) in [5.74, 6) is -0.235. The van der Waals surface area contributed by atoms with Gasteiger partial charge < -0.3 is 10.1 Å². The summed E-state index contributed by atoms with van der Waals surface area (Å²) < 4.78 is 5.42. The number of likely N-dealkylation sites (tertiary alicyclic amines) is 1. The Labute approximate surface area is 122 Å². The van der Waals surface area contributed by atoms with Crippen LogP contribution in [0.3, 0.4) is 0 Å². The van der Waals surface area contributed by atoms with Crippen LogP contribution in [0.4, 0.5) is 0 Å². The highest BCUT2D eigenvalue weighted by Gasteiger charge is 2.34. The van der Waals surface area contributed by atoms with Gasteiger partial charge in [0.2, 0.25) is 5.91 Å². The minimum Gasteiger partial charge on any atom is -0.459 e. The molecule has 1 saturated heterocycles. The molecule has 116 valence electrons. The third-order valence-electron chi connectivity index (χ3n) is 3.41. The molecule has 0 aromatic carbocycles. The van der Waals surface area contributed by atoms with Crippen LogP contribution in [0.25, 0.3) is 0 Å². The van der Waals surface area contributed by atoms with Gasteiger partial charge in [-0.3, -0.25) is 14.5 Å². The maximum Gasteiger partial charge on any atom is 0.323 e. The van der Waals surface area contributed by atoms with E-state index in [1.54, 1.807) is 0 Å². The number of carbonyl (C=O) groups excluding carboxylic acids is 2. The molecule has 0 aromatic heterocycles. The fourth-order valence-electron chi connectivity index (χ4n) is 2.26. The molecular formula is C15H28N2O3. The maximum absolute atomic E-state index is 12.1. The second kappa shape index (κ2) is 7.07. The molecule has 1 fully saturated rings. The predicted octanol–water partition coefficient (Wildman–Crippen LogP) is 1.71. The van der Waals surface area contributed by atoms with Gasteiger partial charge in [0.1, 0.15) is 11.6 Å². The van der Waals surface area contributed by atoms with E-state index in [-0.39, 0.29) is 30.5 Å². The van der Waals surface area contributed by atoms with E-state index in [1.807, 2.05) is 39.5 Å². The molecule has 0 radical (unpaired) electrons. The number of ether oxygens (including phenoxy) is 1. The highest BCUT2D eigenvalue weighted by atomic mass is 16.6. The molecule has 1 rings (SSSR count). The lowest BCUT2D eigenvalue weighted by atomic mass is 10.1. The van der Waals surface area contributed by atoms with Gasteiger partial charge in [0, 0.05) is 6.04 Å². The average Bonchev–Trinajstić information content (AvgIpc) is 2.74. The summed E-state index contributed by atoms with van der Waals surface area (Å²) in [7, 11) is 0. The van der Waals surface area contributed by atoms with Crippen molar-refractivity contribution in [3.05, 3.63) is 0 Å². The highest BCUT2D eigenvalue weighted by molar-refractivity contribution is 5.81. The Morgan fingerprint density at radius 3 is 2.60 bits per heavy atom. The molecule has 0 bridgehead atoms. The molecule has 1 aliphatic rings. The van der Waals surface area contributed by atoms with Gasteiger partial charge in [-0.25, -0.2) is 0 Å². The molecule has 5 heteroatoms. The molecule has 1 amide bonds. The van der Waals surface area contributed by atoms with E-state index in [4.69, 9.17) is 4.74 Å². The number of nitrogens with one attached hydrogen (secondary N) is 1. The lowest BCUT2D eigenvalue weighted by Crippen LogP contribution is -2.46. The Morgan fingerprint density at radius 2 is 2.05 bits per heavy atom. The first-order valence-corrected chi connectivity index (χ1v) is 7.49. The van der Waals surface area contributed by atoms with Crippen molar-refractivity contribution in [2.24, 2.45) is 0 Å². The molecule has 0 spiro atoms. The number of hydrogen-bond acceptors (Lipinski definition) is 4. The summed E-state index contributed by atoms with van der Waals surface area (Å²) in [4.78, 5) is 26.0. The monoisotopic (exact) mass is 284 g/mol. The molecular weight excluding hydrogens is 256 g/mol.